The first kappa shape index (κ1) is 13.2. The highest BCUT2D eigenvalue weighted by Gasteiger charge is 2.33. The first-order valence-electron chi connectivity index (χ1n) is 6.50. The SMILES string of the molecule is FC(F)(F)c1ccccc1-c1cnc(C2CCCN2)[nH]1. The summed E-state index contributed by atoms with van der Waals surface area (Å²) in [7, 11) is 0. The molecule has 0 radical (unpaired) electrons. The number of H-pyrrole nitrogens is 1. The third kappa shape index (κ3) is 2.43. The van der Waals surface area contributed by atoms with Crippen LogP contribution in [0.1, 0.15) is 30.3 Å². The lowest BCUT2D eigenvalue weighted by Crippen LogP contribution is -2.14. The summed E-state index contributed by atoms with van der Waals surface area (Å²) in [4.78, 5) is 7.22. The largest absolute Gasteiger partial charge is 0.417 e. The number of nitrogens with one attached hydrogen (secondary N) is 2. The Bertz CT molecular complexity index is 598. The Morgan fingerprint density at radius 3 is 2.70 bits per heavy atom. The summed E-state index contributed by atoms with van der Waals surface area (Å²) in [5.41, 5.74) is -0.104. The summed E-state index contributed by atoms with van der Waals surface area (Å²) in [6.07, 6.45) is -0.888. The van der Waals surface area contributed by atoms with Crippen LogP contribution in [0.4, 0.5) is 13.2 Å². The molecule has 0 saturated carbocycles. The minimum Gasteiger partial charge on any atom is -0.341 e. The van der Waals surface area contributed by atoms with Crippen LogP contribution in [0.2, 0.25) is 0 Å². The molecule has 20 heavy (non-hydrogen) atoms. The predicted octanol–water partition coefficient (Wildman–Crippen LogP) is 3.52. The molecule has 1 unspecified atom stereocenters. The molecule has 1 saturated heterocycles. The molecule has 3 rings (SSSR count). The van der Waals surface area contributed by atoms with Crippen LogP contribution < -0.4 is 5.32 Å². The van der Waals surface area contributed by atoms with Crippen LogP contribution in [-0.2, 0) is 6.18 Å². The molecule has 2 N–H and O–H groups in total. The molecule has 1 atom stereocenters. The van der Waals surface area contributed by atoms with Crippen molar-refractivity contribution in [3.8, 4) is 11.3 Å². The van der Waals surface area contributed by atoms with Crippen molar-refractivity contribution in [1.82, 2.24) is 15.3 Å². The van der Waals surface area contributed by atoms with Gasteiger partial charge in [-0.3, -0.25) is 0 Å². The number of hydrogen-bond acceptors (Lipinski definition) is 2. The van der Waals surface area contributed by atoms with Gasteiger partial charge in [-0.25, -0.2) is 4.98 Å². The number of benzene rings is 1. The standard InChI is InChI=1S/C14H14F3N3/c15-14(16,17)10-5-2-1-4-9(10)12-8-19-13(20-12)11-6-3-7-18-11/h1-2,4-5,8,11,18H,3,6-7H2,(H,19,20). The van der Waals surface area contributed by atoms with Crippen LogP contribution in [0.25, 0.3) is 11.3 Å². The Morgan fingerprint density at radius 2 is 2.00 bits per heavy atom. The molecule has 6 heteroatoms. The number of halogens is 3. The van der Waals surface area contributed by atoms with Gasteiger partial charge in [0.1, 0.15) is 5.82 Å². The quantitative estimate of drug-likeness (QED) is 0.884. The Kier molecular flexibility index (Phi) is 3.25. The highest BCUT2D eigenvalue weighted by atomic mass is 19.4. The van der Waals surface area contributed by atoms with Gasteiger partial charge in [-0.05, 0) is 25.5 Å². The van der Waals surface area contributed by atoms with Crippen molar-refractivity contribution in [2.75, 3.05) is 6.54 Å². The number of aromatic amines is 1. The molecule has 0 bridgehead atoms. The molecule has 2 heterocycles. The maximum atomic E-state index is 13.0. The molecule has 2 aromatic rings. The molecular weight excluding hydrogens is 267 g/mol. The van der Waals surface area contributed by atoms with Gasteiger partial charge in [0.05, 0.1) is 23.5 Å². The Labute approximate surface area is 114 Å². The Morgan fingerprint density at radius 1 is 1.20 bits per heavy atom. The third-order valence-electron chi connectivity index (χ3n) is 3.51. The lowest BCUT2D eigenvalue weighted by Gasteiger charge is -2.11. The molecule has 1 aromatic heterocycles. The minimum atomic E-state index is -4.37. The fourth-order valence-corrected chi connectivity index (χ4v) is 2.53. The summed E-state index contributed by atoms with van der Waals surface area (Å²) in [5, 5.41) is 3.27. The van der Waals surface area contributed by atoms with E-state index in [-0.39, 0.29) is 11.6 Å². The number of imidazole rings is 1. The summed E-state index contributed by atoms with van der Waals surface area (Å²) in [5.74, 6) is 0.703. The van der Waals surface area contributed by atoms with Crippen LogP contribution in [0.3, 0.4) is 0 Å². The number of aromatic nitrogens is 2. The third-order valence-corrected chi connectivity index (χ3v) is 3.51. The van der Waals surface area contributed by atoms with Gasteiger partial charge in [0, 0.05) is 5.56 Å². The van der Waals surface area contributed by atoms with Crippen molar-refractivity contribution in [1.29, 1.82) is 0 Å². The molecule has 0 spiro atoms. The molecular formula is C14H14F3N3. The second kappa shape index (κ2) is 4.94. The topological polar surface area (TPSA) is 40.7 Å². The van der Waals surface area contributed by atoms with E-state index >= 15 is 0 Å². The van der Waals surface area contributed by atoms with Gasteiger partial charge in [0.15, 0.2) is 0 Å². The molecule has 1 aliphatic rings. The molecule has 1 fully saturated rings. The van der Waals surface area contributed by atoms with Crippen LogP contribution >= 0.6 is 0 Å². The lowest BCUT2D eigenvalue weighted by atomic mass is 10.0. The summed E-state index contributed by atoms with van der Waals surface area (Å²) < 4.78 is 39.0. The summed E-state index contributed by atoms with van der Waals surface area (Å²) >= 11 is 0. The monoisotopic (exact) mass is 281 g/mol. The van der Waals surface area contributed by atoms with E-state index in [2.05, 4.69) is 15.3 Å². The fraction of sp³-hybridized carbons (Fsp3) is 0.357. The minimum absolute atomic E-state index is 0.113. The number of nitrogens with zero attached hydrogens (tertiary/aromatic N) is 1. The molecule has 106 valence electrons. The van der Waals surface area contributed by atoms with Gasteiger partial charge < -0.3 is 10.3 Å². The molecule has 3 nitrogen and oxygen atoms in total. The van der Waals surface area contributed by atoms with Crippen LogP contribution in [0, 0.1) is 0 Å². The van der Waals surface area contributed by atoms with Crippen molar-refractivity contribution >= 4 is 0 Å². The highest BCUT2D eigenvalue weighted by Crippen LogP contribution is 2.36. The average Bonchev–Trinajstić information content (AvgIpc) is 3.09. The van der Waals surface area contributed by atoms with E-state index in [9.17, 15) is 13.2 Å². The van der Waals surface area contributed by atoms with E-state index in [4.69, 9.17) is 0 Å². The lowest BCUT2D eigenvalue weighted by molar-refractivity contribution is -0.137. The van der Waals surface area contributed by atoms with Gasteiger partial charge in [0.25, 0.3) is 0 Å². The second-order valence-electron chi connectivity index (χ2n) is 4.87. The zero-order chi connectivity index (χ0) is 14.2. The zero-order valence-corrected chi connectivity index (χ0v) is 10.7. The van der Waals surface area contributed by atoms with Crippen LogP contribution in [-0.4, -0.2) is 16.5 Å². The first-order valence-corrected chi connectivity index (χ1v) is 6.50. The van der Waals surface area contributed by atoms with Crippen LogP contribution in [0.15, 0.2) is 30.5 Å². The first-order chi connectivity index (χ1) is 9.55. The summed E-state index contributed by atoms with van der Waals surface area (Å²) in [6.45, 7) is 0.917. The molecule has 0 aliphatic carbocycles. The van der Waals surface area contributed by atoms with Gasteiger partial charge in [0.2, 0.25) is 0 Å². The van der Waals surface area contributed by atoms with Crippen molar-refractivity contribution < 1.29 is 13.2 Å². The normalized spacial score (nSPS) is 19.4. The maximum Gasteiger partial charge on any atom is 0.417 e. The Balaban J connectivity index is 1.97. The highest BCUT2D eigenvalue weighted by molar-refractivity contribution is 5.64. The van der Waals surface area contributed by atoms with E-state index < -0.39 is 11.7 Å². The molecule has 0 amide bonds. The van der Waals surface area contributed by atoms with Crippen LogP contribution in [0.5, 0.6) is 0 Å². The Hall–Kier alpha value is -1.82. The van der Waals surface area contributed by atoms with E-state index in [0.717, 1.165) is 25.5 Å². The maximum absolute atomic E-state index is 13.0. The van der Waals surface area contributed by atoms with Crippen molar-refractivity contribution in [3.05, 3.63) is 41.9 Å². The van der Waals surface area contributed by atoms with E-state index in [0.29, 0.717) is 11.5 Å². The number of alkyl halides is 3. The van der Waals surface area contributed by atoms with Crippen molar-refractivity contribution in [2.24, 2.45) is 0 Å². The van der Waals surface area contributed by atoms with E-state index in [1.54, 1.807) is 6.07 Å². The number of hydrogen-bond donors (Lipinski definition) is 2. The van der Waals surface area contributed by atoms with Crippen molar-refractivity contribution in [2.45, 2.75) is 25.1 Å². The van der Waals surface area contributed by atoms with Gasteiger partial charge in [-0.1, -0.05) is 18.2 Å². The second-order valence-corrected chi connectivity index (χ2v) is 4.87. The smallest absolute Gasteiger partial charge is 0.341 e. The predicted molar refractivity (Wildman–Crippen MR) is 69.0 cm³/mol. The van der Waals surface area contributed by atoms with Gasteiger partial charge >= 0.3 is 6.18 Å². The number of rotatable bonds is 2. The van der Waals surface area contributed by atoms with E-state index in [1.807, 2.05) is 0 Å². The van der Waals surface area contributed by atoms with E-state index in [1.165, 1.54) is 18.3 Å². The molecule has 1 aliphatic heterocycles. The summed E-state index contributed by atoms with van der Waals surface area (Å²) in [6, 6.07) is 5.65. The van der Waals surface area contributed by atoms with Crippen molar-refractivity contribution in [3.63, 3.8) is 0 Å². The molecule has 1 aromatic carbocycles. The average molecular weight is 281 g/mol. The van der Waals surface area contributed by atoms with Gasteiger partial charge in [-0.15, -0.1) is 0 Å². The zero-order valence-electron chi connectivity index (χ0n) is 10.7. The van der Waals surface area contributed by atoms with Gasteiger partial charge in [-0.2, -0.15) is 13.2 Å². The fourth-order valence-electron chi connectivity index (χ4n) is 2.53.